The van der Waals surface area contributed by atoms with Crippen molar-refractivity contribution in [3.63, 3.8) is 0 Å². The molecule has 0 amide bonds. The van der Waals surface area contributed by atoms with Crippen molar-refractivity contribution in [2.45, 2.75) is 6.42 Å². The van der Waals surface area contributed by atoms with Crippen molar-refractivity contribution in [1.82, 2.24) is 9.88 Å². The van der Waals surface area contributed by atoms with Gasteiger partial charge in [0.25, 0.3) is 0 Å². The smallest absolute Gasteiger partial charge is 0.0592 e. The molecule has 1 fully saturated rings. The molecule has 94 valence electrons. The lowest BCUT2D eigenvalue weighted by molar-refractivity contribution is 0.302. The topological polar surface area (TPSA) is 45.4 Å². The summed E-state index contributed by atoms with van der Waals surface area (Å²) in [5.41, 5.74) is 6.85. The molecular formula is C12H19BrN4. The van der Waals surface area contributed by atoms with E-state index in [0.717, 1.165) is 43.7 Å². The molecule has 0 radical (unpaired) electrons. The van der Waals surface area contributed by atoms with Crippen molar-refractivity contribution in [3.05, 3.63) is 22.9 Å². The number of aromatic nitrogens is 1. The van der Waals surface area contributed by atoms with E-state index in [2.05, 4.69) is 36.8 Å². The molecule has 1 saturated heterocycles. The van der Waals surface area contributed by atoms with Crippen LogP contribution in [-0.4, -0.2) is 49.2 Å². The largest absolute Gasteiger partial charge is 0.369 e. The maximum absolute atomic E-state index is 5.61. The number of nitrogens with zero attached hydrogens (tertiary/aromatic N) is 3. The fourth-order valence-corrected chi connectivity index (χ4v) is 2.74. The van der Waals surface area contributed by atoms with E-state index >= 15 is 0 Å². The minimum Gasteiger partial charge on any atom is -0.369 e. The highest BCUT2D eigenvalue weighted by atomic mass is 79.9. The molecule has 2 rings (SSSR count). The van der Waals surface area contributed by atoms with E-state index < -0.39 is 0 Å². The third-order valence-corrected chi connectivity index (χ3v) is 3.74. The highest BCUT2D eigenvalue weighted by molar-refractivity contribution is 9.10. The van der Waals surface area contributed by atoms with Gasteiger partial charge in [-0.25, -0.2) is 0 Å². The van der Waals surface area contributed by atoms with Gasteiger partial charge in [0.1, 0.15) is 0 Å². The number of anilines is 1. The summed E-state index contributed by atoms with van der Waals surface area (Å²) in [5, 5.41) is 0. The summed E-state index contributed by atoms with van der Waals surface area (Å²) < 4.78 is 1.08. The molecule has 2 heterocycles. The van der Waals surface area contributed by atoms with E-state index in [1.165, 1.54) is 12.1 Å². The van der Waals surface area contributed by atoms with Crippen molar-refractivity contribution < 1.29 is 0 Å². The summed E-state index contributed by atoms with van der Waals surface area (Å²) in [6, 6.07) is 2.07. The first-order valence-electron chi connectivity index (χ1n) is 6.08. The molecule has 1 aliphatic rings. The predicted octanol–water partition coefficient (Wildman–Crippen LogP) is 1.31. The molecule has 1 aromatic rings. The zero-order valence-corrected chi connectivity index (χ0v) is 11.6. The zero-order valence-electron chi connectivity index (χ0n) is 9.98. The Labute approximate surface area is 111 Å². The van der Waals surface area contributed by atoms with Crippen molar-refractivity contribution >= 4 is 21.6 Å². The van der Waals surface area contributed by atoms with Crippen LogP contribution >= 0.6 is 15.9 Å². The van der Waals surface area contributed by atoms with E-state index in [9.17, 15) is 0 Å². The van der Waals surface area contributed by atoms with Crippen LogP contribution in [0.2, 0.25) is 0 Å². The number of rotatable bonds is 3. The molecule has 2 N–H and O–H groups in total. The van der Waals surface area contributed by atoms with Crippen LogP contribution in [0.25, 0.3) is 0 Å². The number of pyridine rings is 1. The highest BCUT2D eigenvalue weighted by Crippen LogP contribution is 2.25. The van der Waals surface area contributed by atoms with Crippen molar-refractivity contribution in [2.75, 3.05) is 44.2 Å². The Kier molecular flexibility index (Phi) is 4.76. The number of hydrogen-bond donors (Lipinski definition) is 1. The zero-order chi connectivity index (χ0) is 12.1. The van der Waals surface area contributed by atoms with E-state index in [-0.39, 0.29) is 0 Å². The average Bonchev–Trinajstić information content (AvgIpc) is 2.56. The van der Waals surface area contributed by atoms with Gasteiger partial charge in [0.15, 0.2) is 0 Å². The fraction of sp³-hybridized carbons (Fsp3) is 0.583. The molecule has 0 unspecified atom stereocenters. The molecule has 0 spiro atoms. The summed E-state index contributed by atoms with van der Waals surface area (Å²) in [6.45, 7) is 6.15. The Morgan fingerprint density at radius 3 is 2.94 bits per heavy atom. The highest BCUT2D eigenvalue weighted by Gasteiger charge is 2.15. The van der Waals surface area contributed by atoms with E-state index in [0.29, 0.717) is 0 Å². The third-order valence-electron chi connectivity index (χ3n) is 3.13. The van der Waals surface area contributed by atoms with Gasteiger partial charge < -0.3 is 15.5 Å². The first-order valence-corrected chi connectivity index (χ1v) is 6.87. The second-order valence-electron chi connectivity index (χ2n) is 4.30. The van der Waals surface area contributed by atoms with Gasteiger partial charge in [0, 0.05) is 45.1 Å². The summed E-state index contributed by atoms with van der Waals surface area (Å²) in [7, 11) is 0. The van der Waals surface area contributed by atoms with E-state index in [1.807, 2.05) is 12.4 Å². The number of nitrogens with two attached hydrogens (primary N) is 1. The van der Waals surface area contributed by atoms with E-state index in [1.54, 1.807) is 0 Å². The van der Waals surface area contributed by atoms with Gasteiger partial charge in [-0.05, 0) is 35.0 Å². The van der Waals surface area contributed by atoms with Gasteiger partial charge in [0.2, 0.25) is 0 Å². The van der Waals surface area contributed by atoms with Crippen LogP contribution in [0.5, 0.6) is 0 Å². The molecule has 1 aromatic heterocycles. The first kappa shape index (κ1) is 12.8. The number of halogens is 1. The standard InChI is InChI=1S/C12H19BrN4/c13-11-10-15-4-2-12(11)17-6-1-5-16(7-3-14)8-9-17/h2,4,10H,1,3,5-9,14H2. The van der Waals surface area contributed by atoms with Crippen molar-refractivity contribution in [2.24, 2.45) is 5.73 Å². The van der Waals surface area contributed by atoms with Crippen molar-refractivity contribution in [1.29, 1.82) is 0 Å². The monoisotopic (exact) mass is 298 g/mol. The second-order valence-corrected chi connectivity index (χ2v) is 5.15. The Morgan fingerprint density at radius 2 is 2.18 bits per heavy atom. The SMILES string of the molecule is NCCN1CCCN(c2ccncc2Br)CC1. The van der Waals surface area contributed by atoms with Gasteiger partial charge in [-0.15, -0.1) is 0 Å². The Morgan fingerprint density at radius 1 is 1.29 bits per heavy atom. The minimum atomic E-state index is 0.749. The molecule has 5 heteroatoms. The van der Waals surface area contributed by atoms with Crippen LogP contribution in [0.15, 0.2) is 22.9 Å². The summed E-state index contributed by atoms with van der Waals surface area (Å²) in [5.74, 6) is 0. The third kappa shape index (κ3) is 3.40. The molecule has 0 atom stereocenters. The molecule has 0 bridgehead atoms. The summed E-state index contributed by atoms with van der Waals surface area (Å²) >= 11 is 3.57. The van der Waals surface area contributed by atoms with Crippen LogP contribution in [-0.2, 0) is 0 Å². The molecular weight excluding hydrogens is 280 g/mol. The lowest BCUT2D eigenvalue weighted by Crippen LogP contribution is -2.34. The van der Waals surface area contributed by atoms with Gasteiger partial charge in [-0.1, -0.05) is 0 Å². The van der Waals surface area contributed by atoms with Crippen LogP contribution in [0, 0.1) is 0 Å². The Hall–Kier alpha value is -0.650. The average molecular weight is 299 g/mol. The van der Waals surface area contributed by atoms with Gasteiger partial charge in [0.05, 0.1) is 10.2 Å². The van der Waals surface area contributed by atoms with Gasteiger partial charge in [-0.3, -0.25) is 4.98 Å². The Balaban J connectivity index is 2.01. The molecule has 1 aliphatic heterocycles. The maximum Gasteiger partial charge on any atom is 0.0592 e. The van der Waals surface area contributed by atoms with Crippen LogP contribution < -0.4 is 10.6 Å². The molecule has 0 aliphatic carbocycles. The Bertz CT molecular complexity index is 358. The van der Waals surface area contributed by atoms with Crippen LogP contribution in [0.4, 0.5) is 5.69 Å². The molecule has 0 saturated carbocycles. The summed E-state index contributed by atoms with van der Waals surface area (Å²) in [4.78, 5) is 8.97. The van der Waals surface area contributed by atoms with Crippen LogP contribution in [0.3, 0.4) is 0 Å². The number of hydrogen-bond acceptors (Lipinski definition) is 4. The lowest BCUT2D eigenvalue weighted by Gasteiger charge is -2.24. The lowest BCUT2D eigenvalue weighted by atomic mass is 10.3. The molecule has 17 heavy (non-hydrogen) atoms. The summed E-state index contributed by atoms with van der Waals surface area (Å²) in [6.07, 6.45) is 4.90. The van der Waals surface area contributed by atoms with Gasteiger partial charge >= 0.3 is 0 Å². The van der Waals surface area contributed by atoms with E-state index in [4.69, 9.17) is 5.73 Å². The molecule has 0 aromatic carbocycles. The van der Waals surface area contributed by atoms with Crippen molar-refractivity contribution in [3.8, 4) is 0 Å². The maximum atomic E-state index is 5.61. The quantitative estimate of drug-likeness (QED) is 0.914. The van der Waals surface area contributed by atoms with Gasteiger partial charge in [-0.2, -0.15) is 0 Å². The first-order chi connectivity index (χ1) is 8.31. The molecule has 4 nitrogen and oxygen atoms in total. The predicted molar refractivity (Wildman–Crippen MR) is 74.3 cm³/mol. The second kappa shape index (κ2) is 6.33. The minimum absolute atomic E-state index is 0.749. The normalized spacial score (nSPS) is 18.1. The van der Waals surface area contributed by atoms with Crippen LogP contribution in [0.1, 0.15) is 6.42 Å². The fourth-order valence-electron chi connectivity index (χ4n) is 2.24.